The summed E-state index contributed by atoms with van der Waals surface area (Å²) >= 11 is 0. The van der Waals surface area contributed by atoms with E-state index in [9.17, 15) is 8.42 Å². The van der Waals surface area contributed by atoms with E-state index in [1.54, 1.807) is 16.6 Å². The average molecular weight is 376 g/mol. The summed E-state index contributed by atoms with van der Waals surface area (Å²) in [5.41, 5.74) is 1.61. The minimum absolute atomic E-state index is 0.0988. The van der Waals surface area contributed by atoms with Crippen LogP contribution in [-0.2, 0) is 27.5 Å². The molecule has 0 saturated carbocycles. The predicted molar refractivity (Wildman–Crippen MR) is 94.5 cm³/mol. The monoisotopic (exact) mass is 376 g/mol. The van der Waals surface area contributed by atoms with Gasteiger partial charge in [0.2, 0.25) is 0 Å². The average Bonchev–Trinajstić information content (AvgIpc) is 3.29. The molecule has 0 unspecified atom stereocenters. The summed E-state index contributed by atoms with van der Waals surface area (Å²) in [5, 5.41) is 13.5. The Hall–Kier alpha value is -2.33. The zero-order valence-corrected chi connectivity index (χ0v) is 15.3. The number of benzene rings is 1. The summed E-state index contributed by atoms with van der Waals surface area (Å²) in [7, 11) is -1.39. The van der Waals surface area contributed by atoms with Crippen molar-refractivity contribution in [2.45, 2.75) is 25.4 Å². The first-order valence-electron chi connectivity index (χ1n) is 8.47. The van der Waals surface area contributed by atoms with E-state index in [0.29, 0.717) is 37.6 Å². The summed E-state index contributed by atoms with van der Waals surface area (Å²) in [6.07, 6.45) is 1.13. The Bertz CT molecular complexity index is 993. The molecule has 138 valence electrons. The van der Waals surface area contributed by atoms with Crippen LogP contribution in [0, 0.1) is 0 Å². The fourth-order valence-electron chi connectivity index (χ4n) is 3.17. The molecular formula is C16H20N6O3S. The molecule has 1 aliphatic rings. The molecule has 2 aromatic heterocycles. The van der Waals surface area contributed by atoms with Gasteiger partial charge in [0.25, 0.3) is 0 Å². The second kappa shape index (κ2) is 6.76. The zero-order valence-electron chi connectivity index (χ0n) is 14.4. The quantitative estimate of drug-likeness (QED) is 0.621. The second-order valence-electron chi connectivity index (χ2n) is 6.41. The van der Waals surface area contributed by atoms with Gasteiger partial charge in [-0.05, 0) is 18.6 Å². The van der Waals surface area contributed by atoms with Crippen LogP contribution in [0.15, 0.2) is 24.3 Å². The van der Waals surface area contributed by atoms with Crippen LogP contribution in [0.1, 0.15) is 24.1 Å². The lowest BCUT2D eigenvalue weighted by Crippen LogP contribution is -2.18. The highest BCUT2D eigenvalue weighted by Gasteiger charge is 2.32. The molecule has 0 radical (unpaired) electrons. The Labute approximate surface area is 150 Å². The number of rotatable bonds is 6. The molecule has 1 fully saturated rings. The van der Waals surface area contributed by atoms with Crippen LogP contribution in [0.3, 0.4) is 0 Å². The van der Waals surface area contributed by atoms with Gasteiger partial charge in [-0.3, -0.25) is 0 Å². The van der Waals surface area contributed by atoms with E-state index < -0.39 is 9.84 Å². The third-order valence-electron chi connectivity index (χ3n) is 4.44. The Morgan fingerprint density at radius 3 is 2.54 bits per heavy atom. The van der Waals surface area contributed by atoms with E-state index in [-0.39, 0.29) is 17.5 Å². The Kier molecular flexibility index (Phi) is 4.45. The predicted octanol–water partition coefficient (Wildman–Crippen LogP) is 0.620. The molecule has 3 aromatic rings. The van der Waals surface area contributed by atoms with Gasteiger partial charge in [0.1, 0.15) is 17.6 Å². The van der Waals surface area contributed by atoms with Crippen molar-refractivity contribution in [3.63, 3.8) is 0 Å². The van der Waals surface area contributed by atoms with E-state index in [1.165, 1.54) is 0 Å². The van der Waals surface area contributed by atoms with Gasteiger partial charge in [0.15, 0.2) is 21.5 Å². The largest absolute Gasteiger partial charge is 0.384 e. The Balaban J connectivity index is 1.65. The number of methoxy groups -OCH3 is 1. The van der Waals surface area contributed by atoms with E-state index in [1.807, 2.05) is 24.3 Å². The van der Waals surface area contributed by atoms with E-state index in [2.05, 4.69) is 20.3 Å². The Morgan fingerprint density at radius 1 is 1.19 bits per heavy atom. The lowest BCUT2D eigenvalue weighted by atomic mass is 10.3. The number of ether oxygens (including phenoxy) is 1. The number of aromatic nitrogens is 6. The van der Waals surface area contributed by atoms with Crippen molar-refractivity contribution >= 4 is 20.9 Å². The van der Waals surface area contributed by atoms with Gasteiger partial charge in [0, 0.05) is 13.5 Å². The first-order chi connectivity index (χ1) is 12.5. The van der Waals surface area contributed by atoms with Crippen molar-refractivity contribution in [3.05, 3.63) is 35.9 Å². The number of sulfone groups is 1. The molecule has 10 heteroatoms. The summed E-state index contributed by atoms with van der Waals surface area (Å²) in [5.74, 6) is 1.59. The minimum Gasteiger partial charge on any atom is -0.384 e. The molecule has 0 N–H and O–H groups in total. The molecule has 1 atom stereocenters. The van der Waals surface area contributed by atoms with Gasteiger partial charge in [-0.2, -0.15) is 20.1 Å². The van der Waals surface area contributed by atoms with Crippen molar-refractivity contribution in [2.75, 3.05) is 25.2 Å². The van der Waals surface area contributed by atoms with Gasteiger partial charge in [-0.25, -0.2) is 18.1 Å². The normalized spacial score (nSPS) is 19.3. The maximum atomic E-state index is 11.9. The fourth-order valence-corrected chi connectivity index (χ4v) is 4.87. The lowest BCUT2D eigenvalue weighted by Gasteiger charge is -2.11. The van der Waals surface area contributed by atoms with Crippen molar-refractivity contribution < 1.29 is 13.2 Å². The van der Waals surface area contributed by atoms with Gasteiger partial charge in [-0.15, -0.1) is 0 Å². The highest BCUT2D eigenvalue weighted by molar-refractivity contribution is 7.91. The first-order valence-corrected chi connectivity index (χ1v) is 10.3. The van der Waals surface area contributed by atoms with Gasteiger partial charge >= 0.3 is 0 Å². The van der Waals surface area contributed by atoms with Crippen LogP contribution in [-0.4, -0.2) is 63.4 Å². The number of fused-ring (bicyclic) bond motifs is 1. The molecule has 9 nitrogen and oxygen atoms in total. The summed E-state index contributed by atoms with van der Waals surface area (Å²) in [6.45, 7) is 0.849. The molecule has 1 aliphatic heterocycles. The fraction of sp³-hybridized carbons (Fsp3) is 0.500. The minimum atomic E-state index is -3.01. The molecule has 0 aliphatic carbocycles. The first kappa shape index (κ1) is 17.1. The zero-order chi connectivity index (χ0) is 18.1. The molecule has 3 heterocycles. The highest BCUT2D eigenvalue weighted by Crippen LogP contribution is 2.24. The van der Waals surface area contributed by atoms with Gasteiger partial charge < -0.3 is 4.74 Å². The smallest absolute Gasteiger partial charge is 0.153 e. The van der Waals surface area contributed by atoms with Crippen molar-refractivity contribution in [1.82, 2.24) is 29.8 Å². The number of hydrogen-bond acceptors (Lipinski definition) is 7. The van der Waals surface area contributed by atoms with E-state index >= 15 is 0 Å². The topological polar surface area (TPSA) is 105 Å². The third-order valence-corrected chi connectivity index (χ3v) is 6.19. The van der Waals surface area contributed by atoms with Crippen LogP contribution in [0.2, 0.25) is 0 Å². The summed E-state index contributed by atoms with van der Waals surface area (Å²) in [6, 6.07) is 7.43. The van der Waals surface area contributed by atoms with Gasteiger partial charge in [0.05, 0.1) is 24.2 Å². The third kappa shape index (κ3) is 3.47. The van der Waals surface area contributed by atoms with E-state index in [4.69, 9.17) is 4.74 Å². The van der Waals surface area contributed by atoms with Crippen molar-refractivity contribution in [3.8, 4) is 0 Å². The van der Waals surface area contributed by atoms with Crippen LogP contribution >= 0.6 is 0 Å². The number of nitrogens with zero attached hydrogens (tertiary/aromatic N) is 6. The SMILES string of the molecule is COCCc1nc(Cn2nc3ccccc3n2)n([C@H]2CCS(=O)(=O)C2)n1. The molecule has 0 amide bonds. The highest BCUT2D eigenvalue weighted by atomic mass is 32.2. The van der Waals surface area contributed by atoms with Crippen LogP contribution in [0.5, 0.6) is 0 Å². The maximum Gasteiger partial charge on any atom is 0.153 e. The van der Waals surface area contributed by atoms with Crippen LogP contribution in [0.4, 0.5) is 0 Å². The lowest BCUT2D eigenvalue weighted by molar-refractivity contribution is 0.200. The summed E-state index contributed by atoms with van der Waals surface area (Å²) in [4.78, 5) is 6.16. The molecule has 1 saturated heterocycles. The second-order valence-corrected chi connectivity index (χ2v) is 8.64. The Morgan fingerprint density at radius 2 is 1.92 bits per heavy atom. The summed E-state index contributed by atoms with van der Waals surface area (Å²) < 4.78 is 30.6. The maximum absolute atomic E-state index is 11.9. The molecule has 1 aromatic carbocycles. The molecule has 0 bridgehead atoms. The van der Waals surface area contributed by atoms with Crippen LogP contribution < -0.4 is 0 Å². The van der Waals surface area contributed by atoms with Crippen LogP contribution in [0.25, 0.3) is 11.0 Å². The molecular weight excluding hydrogens is 356 g/mol. The standard InChI is InChI=1S/C16H20N6O3S/c1-25-8-6-15-17-16(22(20-15)12-7-9-26(23,24)11-12)10-21-18-13-4-2-3-5-14(13)19-21/h2-5,12H,6-11H2,1H3/t12-/m0/s1. The molecule has 4 rings (SSSR count). The number of hydrogen-bond donors (Lipinski definition) is 0. The van der Waals surface area contributed by atoms with Gasteiger partial charge in [-0.1, -0.05) is 12.1 Å². The molecule has 0 spiro atoms. The van der Waals surface area contributed by atoms with Crippen molar-refractivity contribution in [2.24, 2.45) is 0 Å². The van der Waals surface area contributed by atoms with E-state index in [0.717, 1.165) is 11.0 Å². The molecule has 26 heavy (non-hydrogen) atoms. The van der Waals surface area contributed by atoms with Crippen molar-refractivity contribution in [1.29, 1.82) is 0 Å².